The maximum Gasteiger partial charge on any atom is 0.243 e. The average Bonchev–Trinajstić information content (AvgIpc) is 3.46. The van der Waals surface area contributed by atoms with Gasteiger partial charge in [0.15, 0.2) is 0 Å². The summed E-state index contributed by atoms with van der Waals surface area (Å²) in [6.45, 7) is 1.40. The molecule has 0 radical (unpaired) electrons. The molecule has 1 aromatic heterocycles. The second-order valence-electron chi connectivity index (χ2n) is 8.76. The van der Waals surface area contributed by atoms with Crippen molar-refractivity contribution in [2.45, 2.75) is 43.4 Å². The third kappa shape index (κ3) is 4.21. The Morgan fingerprint density at radius 2 is 1.84 bits per heavy atom. The van der Waals surface area contributed by atoms with Gasteiger partial charge in [0.1, 0.15) is 0 Å². The monoisotopic (exact) mass is 468 g/mol. The van der Waals surface area contributed by atoms with Crippen molar-refractivity contribution in [2.75, 3.05) is 19.6 Å². The highest BCUT2D eigenvalue weighted by molar-refractivity contribution is 7.89. The molecule has 1 amide bonds. The van der Waals surface area contributed by atoms with Crippen LogP contribution in [0.4, 0.5) is 0 Å². The SMILES string of the molecule is O=C(NCCc1csc2ccccc12)C1CCN(S(=O)(=O)c2ccc3c(c2)CCC3)CC1. The highest BCUT2D eigenvalue weighted by Crippen LogP contribution is 2.29. The van der Waals surface area contributed by atoms with Crippen molar-refractivity contribution in [3.8, 4) is 0 Å². The van der Waals surface area contributed by atoms with E-state index in [1.807, 2.05) is 24.3 Å². The molecule has 2 aliphatic rings. The lowest BCUT2D eigenvalue weighted by molar-refractivity contribution is -0.126. The van der Waals surface area contributed by atoms with E-state index in [-0.39, 0.29) is 11.8 Å². The third-order valence-electron chi connectivity index (χ3n) is 6.79. The van der Waals surface area contributed by atoms with E-state index in [4.69, 9.17) is 0 Å². The number of fused-ring (bicyclic) bond motifs is 2. The third-order valence-corrected chi connectivity index (χ3v) is 9.69. The second-order valence-corrected chi connectivity index (χ2v) is 11.6. The number of rotatable bonds is 6. The van der Waals surface area contributed by atoms with E-state index in [1.54, 1.807) is 21.7 Å². The molecule has 0 bridgehead atoms. The van der Waals surface area contributed by atoms with Crippen molar-refractivity contribution >= 4 is 37.4 Å². The molecule has 0 saturated carbocycles. The van der Waals surface area contributed by atoms with Crippen molar-refractivity contribution in [1.82, 2.24) is 9.62 Å². The molecule has 32 heavy (non-hydrogen) atoms. The summed E-state index contributed by atoms with van der Waals surface area (Å²) in [7, 11) is -3.50. The zero-order chi connectivity index (χ0) is 22.1. The van der Waals surface area contributed by atoms with Crippen molar-refractivity contribution < 1.29 is 13.2 Å². The lowest BCUT2D eigenvalue weighted by Crippen LogP contribution is -2.43. The zero-order valence-corrected chi connectivity index (χ0v) is 19.7. The Labute approximate surface area is 193 Å². The largest absolute Gasteiger partial charge is 0.356 e. The second kappa shape index (κ2) is 8.96. The predicted molar refractivity (Wildman–Crippen MR) is 128 cm³/mol. The molecule has 5 rings (SSSR count). The lowest BCUT2D eigenvalue weighted by Gasteiger charge is -2.30. The van der Waals surface area contributed by atoms with Gasteiger partial charge in [0.05, 0.1) is 4.90 Å². The summed E-state index contributed by atoms with van der Waals surface area (Å²) < 4.78 is 29.0. The lowest BCUT2D eigenvalue weighted by atomic mass is 9.97. The van der Waals surface area contributed by atoms with E-state index in [0.717, 1.165) is 25.7 Å². The first kappa shape index (κ1) is 21.6. The maximum atomic E-state index is 13.1. The van der Waals surface area contributed by atoms with Gasteiger partial charge in [-0.1, -0.05) is 24.3 Å². The molecule has 0 unspecified atom stereocenters. The number of amides is 1. The molecular formula is C25H28N2O3S2. The first-order valence-electron chi connectivity index (χ1n) is 11.4. The molecule has 2 heterocycles. The minimum absolute atomic E-state index is 0.0408. The number of nitrogens with one attached hydrogen (secondary N) is 1. The van der Waals surface area contributed by atoms with Crippen LogP contribution in [0.2, 0.25) is 0 Å². The topological polar surface area (TPSA) is 66.5 Å². The Bertz CT molecular complexity index is 1240. The number of nitrogens with zero attached hydrogens (tertiary/aromatic N) is 1. The van der Waals surface area contributed by atoms with Crippen LogP contribution in [0, 0.1) is 5.92 Å². The minimum Gasteiger partial charge on any atom is -0.356 e. The maximum absolute atomic E-state index is 13.1. The fraction of sp³-hybridized carbons (Fsp3) is 0.400. The van der Waals surface area contributed by atoms with Gasteiger partial charge in [-0.2, -0.15) is 4.31 Å². The molecule has 1 fully saturated rings. The van der Waals surface area contributed by atoms with E-state index in [2.05, 4.69) is 22.8 Å². The Hall–Kier alpha value is -2.22. The molecule has 1 aliphatic carbocycles. The summed E-state index contributed by atoms with van der Waals surface area (Å²) in [5.74, 6) is -0.0835. The number of carbonyl (C=O) groups is 1. The number of piperidine rings is 1. The fourth-order valence-electron chi connectivity index (χ4n) is 4.91. The van der Waals surface area contributed by atoms with Crippen LogP contribution in [0.3, 0.4) is 0 Å². The summed E-state index contributed by atoms with van der Waals surface area (Å²) in [6.07, 6.45) is 5.04. The van der Waals surface area contributed by atoms with Gasteiger partial charge >= 0.3 is 0 Å². The summed E-state index contributed by atoms with van der Waals surface area (Å²) in [4.78, 5) is 13.1. The average molecular weight is 469 g/mol. The normalized spacial score (nSPS) is 17.5. The number of hydrogen-bond donors (Lipinski definition) is 1. The number of carbonyl (C=O) groups excluding carboxylic acids is 1. The van der Waals surface area contributed by atoms with Crippen molar-refractivity contribution in [3.05, 3.63) is 64.5 Å². The van der Waals surface area contributed by atoms with Gasteiger partial charge in [-0.3, -0.25) is 4.79 Å². The van der Waals surface area contributed by atoms with Crippen LogP contribution in [0.15, 0.2) is 52.7 Å². The number of aryl methyl sites for hydroxylation is 2. The van der Waals surface area contributed by atoms with Crippen LogP contribution < -0.4 is 5.32 Å². The Morgan fingerprint density at radius 1 is 1.06 bits per heavy atom. The van der Waals surface area contributed by atoms with Crippen LogP contribution in [0.25, 0.3) is 10.1 Å². The van der Waals surface area contributed by atoms with Crippen LogP contribution in [-0.2, 0) is 34.1 Å². The Kier molecular flexibility index (Phi) is 6.05. The summed E-state index contributed by atoms with van der Waals surface area (Å²) in [6, 6.07) is 13.9. The fourth-order valence-corrected chi connectivity index (χ4v) is 7.43. The minimum atomic E-state index is -3.50. The van der Waals surface area contributed by atoms with Crippen LogP contribution in [-0.4, -0.2) is 38.3 Å². The standard InChI is InChI=1S/C25H28N2O3S2/c28-25(26-13-10-21-17-31-24-7-2-1-6-23(21)24)19-11-14-27(15-12-19)32(29,30)22-9-8-18-4-3-5-20(18)16-22/h1-2,6-9,16-17,19H,3-5,10-15H2,(H,26,28). The molecule has 2 aromatic carbocycles. The van der Waals surface area contributed by atoms with Gasteiger partial charge in [-0.25, -0.2) is 8.42 Å². The molecule has 168 valence electrons. The van der Waals surface area contributed by atoms with E-state index in [1.165, 1.54) is 26.8 Å². The predicted octanol–water partition coefficient (Wildman–Crippen LogP) is 4.15. The number of hydrogen-bond acceptors (Lipinski definition) is 4. The smallest absolute Gasteiger partial charge is 0.243 e. The number of benzene rings is 2. The van der Waals surface area contributed by atoms with Gasteiger partial charge in [0.25, 0.3) is 0 Å². The van der Waals surface area contributed by atoms with Gasteiger partial charge < -0.3 is 5.32 Å². The molecule has 1 saturated heterocycles. The van der Waals surface area contributed by atoms with Gasteiger partial charge in [0, 0.05) is 30.3 Å². The van der Waals surface area contributed by atoms with Crippen molar-refractivity contribution in [3.63, 3.8) is 0 Å². The summed E-state index contributed by atoms with van der Waals surface area (Å²) >= 11 is 1.73. The summed E-state index contributed by atoms with van der Waals surface area (Å²) in [5.41, 5.74) is 3.70. The van der Waals surface area contributed by atoms with Crippen molar-refractivity contribution in [2.24, 2.45) is 5.92 Å². The molecule has 1 aliphatic heterocycles. The molecular weight excluding hydrogens is 440 g/mol. The van der Waals surface area contributed by atoms with Gasteiger partial charge in [-0.05, 0) is 84.2 Å². The molecule has 3 aromatic rings. The van der Waals surface area contributed by atoms with E-state index < -0.39 is 10.0 Å². The zero-order valence-electron chi connectivity index (χ0n) is 18.0. The highest BCUT2D eigenvalue weighted by Gasteiger charge is 2.32. The van der Waals surface area contributed by atoms with Crippen LogP contribution in [0.1, 0.15) is 36.0 Å². The van der Waals surface area contributed by atoms with E-state index >= 15 is 0 Å². The van der Waals surface area contributed by atoms with Crippen molar-refractivity contribution in [1.29, 1.82) is 0 Å². The molecule has 1 N–H and O–H groups in total. The highest BCUT2D eigenvalue weighted by atomic mass is 32.2. The molecule has 5 nitrogen and oxygen atoms in total. The quantitative estimate of drug-likeness (QED) is 0.591. The van der Waals surface area contributed by atoms with Gasteiger partial charge in [-0.15, -0.1) is 11.3 Å². The first-order valence-corrected chi connectivity index (χ1v) is 13.7. The number of sulfonamides is 1. The molecule has 0 atom stereocenters. The van der Waals surface area contributed by atoms with Crippen LogP contribution >= 0.6 is 11.3 Å². The van der Waals surface area contributed by atoms with Gasteiger partial charge in [0.2, 0.25) is 15.9 Å². The first-order chi connectivity index (χ1) is 15.5. The molecule has 0 spiro atoms. The number of thiophene rings is 1. The Balaban J connectivity index is 1.14. The Morgan fingerprint density at radius 3 is 2.69 bits per heavy atom. The van der Waals surface area contributed by atoms with E-state index in [9.17, 15) is 13.2 Å². The van der Waals surface area contributed by atoms with E-state index in [0.29, 0.717) is 37.4 Å². The van der Waals surface area contributed by atoms with Crippen LogP contribution in [0.5, 0.6) is 0 Å². The molecule has 7 heteroatoms. The summed E-state index contributed by atoms with van der Waals surface area (Å²) in [5, 5.41) is 6.49.